The summed E-state index contributed by atoms with van der Waals surface area (Å²) in [7, 11) is -4.92. The summed E-state index contributed by atoms with van der Waals surface area (Å²) in [5.74, 6) is 0. The van der Waals surface area contributed by atoms with E-state index < -0.39 is 15.1 Å². The highest BCUT2D eigenvalue weighted by atomic mass is 35.5. The fourth-order valence-electron chi connectivity index (χ4n) is 1.68. The molecular formula is C14H10ClFO2S. The van der Waals surface area contributed by atoms with Gasteiger partial charge in [-0.1, -0.05) is 72.3 Å². The second-order valence-corrected chi connectivity index (χ2v) is 5.47. The standard InChI is InChI=1S/C14H10ClFO2S/c15-13(11-7-3-1-4-8-11)14(19(16,17)18)12-9-5-2-6-10-12/h1-10H/b14-13+. The molecule has 0 radical (unpaired) electrons. The lowest BCUT2D eigenvalue weighted by Gasteiger charge is -2.07. The molecular weight excluding hydrogens is 287 g/mol. The lowest BCUT2D eigenvalue weighted by molar-refractivity contribution is 0.564. The first-order valence-electron chi connectivity index (χ1n) is 5.45. The number of halogens is 2. The van der Waals surface area contributed by atoms with Crippen molar-refractivity contribution in [1.29, 1.82) is 0 Å². The minimum absolute atomic E-state index is 0.130. The Morgan fingerprint density at radius 1 is 0.842 bits per heavy atom. The zero-order valence-corrected chi connectivity index (χ0v) is 11.3. The molecule has 0 atom stereocenters. The number of hydrogen-bond acceptors (Lipinski definition) is 2. The summed E-state index contributed by atoms with van der Waals surface area (Å²) in [6.07, 6.45) is 0. The molecule has 19 heavy (non-hydrogen) atoms. The first-order valence-corrected chi connectivity index (χ1v) is 7.21. The van der Waals surface area contributed by atoms with Gasteiger partial charge in [0.1, 0.15) is 4.91 Å². The quantitative estimate of drug-likeness (QED) is 0.632. The maximum absolute atomic E-state index is 13.5. The van der Waals surface area contributed by atoms with Crippen LogP contribution < -0.4 is 0 Å². The molecule has 98 valence electrons. The van der Waals surface area contributed by atoms with E-state index >= 15 is 0 Å². The highest BCUT2D eigenvalue weighted by molar-refractivity contribution is 7.96. The van der Waals surface area contributed by atoms with E-state index in [1.165, 1.54) is 12.1 Å². The molecule has 5 heteroatoms. The van der Waals surface area contributed by atoms with Gasteiger partial charge in [-0.25, -0.2) is 0 Å². The lowest BCUT2D eigenvalue weighted by Crippen LogP contribution is -1.98. The average molecular weight is 297 g/mol. The Bertz CT molecular complexity index is 695. The number of benzene rings is 2. The Hall–Kier alpha value is -1.65. The van der Waals surface area contributed by atoms with Crippen LogP contribution in [0.2, 0.25) is 0 Å². The molecule has 2 aromatic carbocycles. The van der Waals surface area contributed by atoms with E-state index in [0.717, 1.165) is 0 Å². The SMILES string of the molecule is O=S(=O)(F)/C(=C(/Cl)c1ccccc1)c1ccccc1. The highest BCUT2D eigenvalue weighted by Crippen LogP contribution is 2.34. The molecule has 0 bridgehead atoms. The van der Waals surface area contributed by atoms with Crippen molar-refractivity contribution in [2.45, 2.75) is 0 Å². The maximum Gasteiger partial charge on any atom is 0.334 e. The smallest absolute Gasteiger partial charge is 0.189 e. The molecule has 0 aliphatic heterocycles. The van der Waals surface area contributed by atoms with Crippen LogP contribution in [0.15, 0.2) is 60.7 Å². The fraction of sp³-hybridized carbons (Fsp3) is 0. The van der Waals surface area contributed by atoms with Gasteiger partial charge in [-0.15, -0.1) is 3.89 Å². The van der Waals surface area contributed by atoms with Gasteiger partial charge in [0, 0.05) is 0 Å². The molecule has 0 aliphatic carbocycles. The van der Waals surface area contributed by atoms with Crippen molar-refractivity contribution in [2.24, 2.45) is 0 Å². The molecule has 2 aromatic rings. The third-order valence-corrected chi connectivity index (χ3v) is 3.95. The van der Waals surface area contributed by atoms with E-state index in [9.17, 15) is 12.3 Å². The molecule has 0 N–H and O–H groups in total. The largest absolute Gasteiger partial charge is 0.334 e. The summed E-state index contributed by atoms with van der Waals surface area (Å²) < 4.78 is 36.2. The van der Waals surface area contributed by atoms with Gasteiger partial charge < -0.3 is 0 Å². The zero-order chi connectivity index (χ0) is 13.9. The summed E-state index contributed by atoms with van der Waals surface area (Å²) in [4.78, 5) is -0.513. The summed E-state index contributed by atoms with van der Waals surface area (Å²) in [5.41, 5.74) is 0.670. The monoisotopic (exact) mass is 296 g/mol. The minimum atomic E-state index is -4.92. The van der Waals surface area contributed by atoms with Crippen LogP contribution in [0.3, 0.4) is 0 Å². The van der Waals surface area contributed by atoms with Crippen LogP contribution in [0.4, 0.5) is 3.89 Å². The van der Waals surface area contributed by atoms with E-state index in [1.54, 1.807) is 48.5 Å². The lowest BCUT2D eigenvalue weighted by atomic mass is 10.1. The van der Waals surface area contributed by atoms with Crippen LogP contribution in [0.1, 0.15) is 11.1 Å². The second-order valence-electron chi connectivity index (χ2n) is 3.81. The first kappa shape index (κ1) is 13.8. The normalized spacial score (nSPS) is 12.9. The Morgan fingerprint density at radius 3 is 1.68 bits per heavy atom. The Balaban J connectivity index is 2.70. The third-order valence-electron chi connectivity index (χ3n) is 2.51. The molecule has 0 heterocycles. The van der Waals surface area contributed by atoms with Gasteiger partial charge in [0.05, 0.1) is 5.03 Å². The number of hydrogen-bond donors (Lipinski definition) is 0. The molecule has 2 nitrogen and oxygen atoms in total. The van der Waals surface area contributed by atoms with Gasteiger partial charge in [0.25, 0.3) is 0 Å². The van der Waals surface area contributed by atoms with E-state index in [0.29, 0.717) is 5.56 Å². The van der Waals surface area contributed by atoms with Crippen molar-refractivity contribution in [2.75, 3.05) is 0 Å². The molecule has 0 amide bonds. The van der Waals surface area contributed by atoms with Crippen LogP contribution in [0.5, 0.6) is 0 Å². The molecule has 0 unspecified atom stereocenters. The van der Waals surface area contributed by atoms with Gasteiger partial charge in [-0.05, 0) is 11.1 Å². The Morgan fingerprint density at radius 2 is 1.26 bits per heavy atom. The van der Waals surface area contributed by atoms with Crippen molar-refractivity contribution in [1.82, 2.24) is 0 Å². The fourth-order valence-corrected chi connectivity index (χ4v) is 2.94. The summed E-state index contributed by atoms with van der Waals surface area (Å²) in [6.45, 7) is 0. The Kier molecular flexibility index (Phi) is 4.02. The molecule has 0 spiro atoms. The van der Waals surface area contributed by atoms with Crippen LogP contribution in [0, 0.1) is 0 Å². The molecule has 0 aliphatic rings. The van der Waals surface area contributed by atoms with Crippen molar-refractivity contribution in [3.05, 3.63) is 71.8 Å². The van der Waals surface area contributed by atoms with Crippen molar-refractivity contribution >= 4 is 31.8 Å². The summed E-state index contributed by atoms with van der Waals surface area (Å²) >= 11 is 6.05. The van der Waals surface area contributed by atoms with Crippen LogP contribution in [-0.2, 0) is 10.2 Å². The highest BCUT2D eigenvalue weighted by Gasteiger charge is 2.23. The molecule has 0 saturated heterocycles. The molecule has 2 rings (SSSR count). The van der Waals surface area contributed by atoms with E-state index in [4.69, 9.17) is 11.6 Å². The molecule has 0 fully saturated rings. The summed E-state index contributed by atoms with van der Waals surface area (Å²) in [6, 6.07) is 16.4. The van der Waals surface area contributed by atoms with Gasteiger partial charge in [0.15, 0.2) is 0 Å². The van der Waals surface area contributed by atoms with Gasteiger partial charge in [-0.2, -0.15) is 8.42 Å². The predicted octanol–water partition coefficient (Wildman–Crippen LogP) is 4.05. The predicted molar refractivity (Wildman–Crippen MR) is 75.6 cm³/mol. The topological polar surface area (TPSA) is 34.1 Å². The van der Waals surface area contributed by atoms with E-state index in [2.05, 4.69) is 0 Å². The van der Waals surface area contributed by atoms with E-state index in [-0.39, 0.29) is 10.6 Å². The van der Waals surface area contributed by atoms with Crippen LogP contribution in [0.25, 0.3) is 9.94 Å². The first-order chi connectivity index (χ1) is 9.00. The maximum atomic E-state index is 13.5. The van der Waals surface area contributed by atoms with Gasteiger partial charge in [0.2, 0.25) is 0 Å². The zero-order valence-electron chi connectivity index (χ0n) is 9.75. The third kappa shape index (κ3) is 3.22. The van der Waals surface area contributed by atoms with Crippen LogP contribution in [-0.4, -0.2) is 8.42 Å². The molecule has 0 saturated carbocycles. The van der Waals surface area contributed by atoms with Crippen molar-refractivity contribution in [3.8, 4) is 0 Å². The average Bonchev–Trinajstić information content (AvgIpc) is 2.39. The van der Waals surface area contributed by atoms with E-state index in [1.807, 2.05) is 0 Å². The van der Waals surface area contributed by atoms with Crippen molar-refractivity contribution in [3.63, 3.8) is 0 Å². The van der Waals surface area contributed by atoms with Crippen LogP contribution >= 0.6 is 11.6 Å². The Labute approximate surface area is 116 Å². The summed E-state index contributed by atoms with van der Waals surface area (Å²) in [5, 5.41) is -0.130. The second kappa shape index (κ2) is 5.55. The molecule has 0 aromatic heterocycles. The van der Waals surface area contributed by atoms with Crippen molar-refractivity contribution < 1.29 is 12.3 Å². The minimum Gasteiger partial charge on any atom is -0.189 e. The van der Waals surface area contributed by atoms with Gasteiger partial charge in [-0.3, -0.25) is 0 Å². The van der Waals surface area contributed by atoms with Gasteiger partial charge >= 0.3 is 10.2 Å². The number of rotatable bonds is 3.